The van der Waals surface area contributed by atoms with Crippen LogP contribution >= 0.6 is 0 Å². The van der Waals surface area contributed by atoms with E-state index in [1.165, 1.54) is 0 Å². The van der Waals surface area contributed by atoms with Gasteiger partial charge in [-0.05, 0) is 12.1 Å². The Morgan fingerprint density at radius 1 is 1.16 bits per heavy atom. The topological polar surface area (TPSA) is 79.0 Å². The molecule has 1 N–H and O–H groups in total. The standard InChI is InChI=1S/C18H25N3O4/c1-13(2)17(23)18(24)19-12-16(22)21-9-7-20(8-10-21)14-5-4-6-15(11-14)25-3/h4-6,11,13H,7-10,12H2,1-3H3,(H,19,24). The van der Waals surface area contributed by atoms with Crippen molar-refractivity contribution in [3.63, 3.8) is 0 Å². The van der Waals surface area contributed by atoms with Crippen molar-refractivity contribution in [2.75, 3.05) is 44.7 Å². The van der Waals surface area contributed by atoms with Gasteiger partial charge in [-0.1, -0.05) is 19.9 Å². The van der Waals surface area contributed by atoms with Crippen LogP contribution in [0.25, 0.3) is 0 Å². The molecule has 1 heterocycles. The molecule has 1 aromatic carbocycles. The van der Waals surface area contributed by atoms with E-state index in [2.05, 4.69) is 10.2 Å². The SMILES string of the molecule is COc1cccc(N2CCN(C(=O)CNC(=O)C(=O)C(C)C)CC2)c1. The van der Waals surface area contributed by atoms with Gasteiger partial charge in [0.2, 0.25) is 11.7 Å². The van der Waals surface area contributed by atoms with Crippen molar-refractivity contribution in [2.24, 2.45) is 5.92 Å². The summed E-state index contributed by atoms with van der Waals surface area (Å²) in [5.74, 6) is -0.945. The summed E-state index contributed by atoms with van der Waals surface area (Å²) in [6, 6.07) is 7.81. The van der Waals surface area contributed by atoms with Crippen LogP contribution < -0.4 is 15.0 Å². The van der Waals surface area contributed by atoms with Crippen LogP contribution in [0.15, 0.2) is 24.3 Å². The van der Waals surface area contributed by atoms with Gasteiger partial charge in [-0.15, -0.1) is 0 Å². The van der Waals surface area contributed by atoms with Crippen LogP contribution in [0.5, 0.6) is 5.75 Å². The third-order valence-electron chi connectivity index (χ3n) is 4.20. The number of Topliss-reactive ketones (excluding diaryl/α,β-unsaturated/α-hetero) is 1. The summed E-state index contributed by atoms with van der Waals surface area (Å²) in [4.78, 5) is 39.2. The fourth-order valence-electron chi connectivity index (χ4n) is 2.64. The largest absolute Gasteiger partial charge is 0.497 e. The van der Waals surface area contributed by atoms with Crippen LogP contribution in [-0.2, 0) is 14.4 Å². The van der Waals surface area contributed by atoms with Crippen molar-refractivity contribution in [1.29, 1.82) is 0 Å². The minimum absolute atomic E-state index is 0.142. The van der Waals surface area contributed by atoms with E-state index >= 15 is 0 Å². The number of carbonyl (C=O) groups is 3. The zero-order valence-electron chi connectivity index (χ0n) is 14.9. The van der Waals surface area contributed by atoms with E-state index in [9.17, 15) is 14.4 Å². The quantitative estimate of drug-likeness (QED) is 0.766. The summed E-state index contributed by atoms with van der Waals surface area (Å²) in [6.07, 6.45) is 0. The maximum atomic E-state index is 12.2. The van der Waals surface area contributed by atoms with E-state index in [1.54, 1.807) is 25.9 Å². The Bertz CT molecular complexity index is 637. The fraction of sp³-hybridized carbons (Fsp3) is 0.500. The van der Waals surface area contributed by atoms with Gasteiger partial charge in [0.1, 0.15) is 5.75 Å². The fourth-order valence-corrected chi connectivity index (χ4v) is 2.64. The van der Waals surface area contributed by atoms with Gasteiger partial charge in [0, 0.05) is 43.9 Å². The number of ketones is 1. The molecule has 2 amide bonds. The summed E-state index contributed by atoms with van der Waals surface area (Å²) >= 11 is 0. The van der Waals surface area contributed by atoms with Gasteiger partial charge in [-0.2, -0.15) is 0 Å². The van der Waals surface area contributed by atoms with Gasteiger partial charge >= 0.3 is 0 Å². The molecule has 1 aliphatic heterocycles. The van der Waals surface area contributed by atoms with Crippen LogP contribution in [-0.4, -0.2) is 62.3 Å². The van der Waals surface area contributed by atoms with Gasteiger partial charge < -0.3 is 19.9 Å². The van der Waals surface area contributed by atoms with Crippen molar-refractivity contribution in [3.05, 3.63) is 24.3 Å². The minimum atomic E-state index is -0.696. The monoisotopic (exact) mass is 347 g/mol. The summed E-state index contributed by atoms with van der Waals surface area (Å²) in [6.45, 7) is 5.73. The molecule has 0 radical (unpaired) electrons. The Hall–Kier alpha value is -2.57. The van der Waals surface area contributed by atoms with Gasteiger partial charge in [-0.3, -0.25) is 14.4 Å². The molecule has 0 spiro atoms. The van der Waals surface area contributed by atoms with Crippen molar-refractivity contribution < 1.29 is 19.1 Å². The maximum Gasteiger partial charge on any atom is 0.288 e. The number of benzene rings is 1. The zero-order chi connectivity index (χ0) is 18.4. The Kier molecular flexibility index (Phi) is 6.38. The van der Waals surface area contributed by atoms with Gasteiger partial charge in [0.15, 0.2) is 0 Å². The van der Waals surface area contributed by atoms with E-state index in [-0.39, 0.29) is 18.4 Å². The first-order valence-corrected chi connectivity index (χ1v) is 8.41. The van der Waals surface area contributed by atoms with E-state index < -0.39 is 11.7 Å². The number of rotatable bonds is 6. The van der Waals surface area contributed by atoms with Gasteiger partial charge in [0.25, 0.3) is 5.91 Å². The molecule has 0 unspecified atom stereocenters. The molecule has 0 aromatic heterocycles. The molecule has 0 saturated carbocycles. The molecule has 0 atom stereocenters. The second kappa shape index (κ2) is 8.50. The van der Waals surface area contributed by atoms with Crippen LogP contribution in [0.4, 0.5) is 5.69 Å². The maximum absolute atomic E-state index is 12.2. The van der Waals surface area contributed by atoms with Crippen LogP contribution in [0.1, 0.15) is 13.8 Å². The first-order chi connectivity index (χ1) is 11.9. The number of carbonyl (C=O) groups excluding carboxylic acids is 3. The number of piperazine rings is 1. The lowest BCUT2D eigenvalue weighted by Crippen LogP contribution is -2.51. The summed E-state index contributed by atoms with van der Waals surface area (Å²) in [7, 11) is 1.63. The summed E-state index contributed by atoms with van der Waals surface area (Å²) in [5.41, 5.74) is 1.06. The highest BCUT2D eigenvalue weighted by Crippen LogP contribution is 2.22. The van der Waals surface area contributed by atoms with E-state index in [4.69, 9.17) is 4.74 Å². The van der Waals surface area contributed by atoms with Crippen LogP contribution in [0.2, 0.25) is 0 Å². The molecule has 136 valence electrons. The molecule has 0 bridgehead atoms. The third-order valence-corrected chi connectivity index (χ3v) is 4.20. The van der Waals surface area contributed by atoms with E-state index in [1.807, 2.05) is 24.3 Å². The lowest BCUT2D eigenvalue weighted by molar-refractivity contribution is -0.141. The van der Waals surface area contributed by atoms with Gasteiger partial charge in [-0.25, -0.2) is 0 Å². The second-order valence-corrected chi connectivity index (χ2v) is 6.27. The molecule has 0 aliphatic carbocycles. The van der Waals surface area contributed by atoms with Crippen molar-refractivity contribution >= 4 is 23.3 Å². The Balaban J connectivity index is 1.82. The van der Waals surface area contributed by atoms with Crippen molar-refractivity contribution in [3.8, 4) is 5.75 Å². The molecule has 1 aromatic rings. The highest BCUT2D eigenvalue weighted by molar-refractivity contribution is 6.37. The molecule has 7 nitrogen and oxygen atoms in total. The number of nitrogens with one attached hydrogen (secondary N) is 1. The van der Waals surface area contributed by atoms with Crippen molar-refractivity contribution in [2.45, 2.75) is 13.8 Å². The predicted octanol–water partition coefficient (Wildman–Crippen LogP) is 0.685. The molecular formula is C18H25N3O4. The highest BCUT2D eigenvalue weighted by Gasteiger charge is 2.23. The highest BCUT2D eigenvalue weighted by atomic mass is 16.5. The number of hydrogen-bond donors (Lipinski definition) is 1. The molecule has 1 saturated heterocycles. The summed E-state index contributed by atoms with van der Waals surface area (Å²) in [5, 5.41) is 2.41. The average molecular weight is 347 g/mol. The summed E-state index contributed by atoms with van der Waals surface area (Å²) < 4.78 is 5.24. The number of amides is 2. The lowest BCUT2D eigenvalue weighted by Gasteiger charge is -2.36. The number of hydrogen-bond acceptors (Lipinski definition) is 5. The Morgan fingerprint density at radius 3 is 2.44 bits per heavy atom. The number of anilines is 1. The normalized spacial score (nSPS) is 14.4. The minimum Gasteiger partial charge on any atom is -0.497 e. The van der Waals surface area contributed by atoms with Crippen LogP contribution in [0, 0.1) is 5.92 Å². The first kappa shape index (κ1) is 18.8. The molecule has 25 heavy (non-hydrogen) atoms. The molecule has 7 heteroatoms. The third kappa shape index (κ3) is 4.95. The Morgan fingerprint density at radius 2 is 1.84 bits per heavy atom. The molecule has 1 fully saturated rings. The first-order valence-electron chi connectivity index (χ1n) is 8.41. The number of nitrogens with zero attached hydrogens (tertiary/aromatic N) is 2. The van der Waals surface area contributed by atoms with E-state index in [0.29, 0.717) is 26.2 Å². The smallest absolute Gasteiger partial charge is 0.288 e. The Labute approximate surface area is 147 Å². The predicted molar refractivity (Wildman–Crippen MR) is 94.6 cm³/mol. The number of methoxy groups -OCH3 is 1. The van der Waals surface area contributed by atoms with Gasteiger partial charge in [0.05, 0.1) is 13.7 Å². The molecule has 2 rings (SSSR count). The molecular weight excluding hydrogens is 322 g/mol. The lowest BCUT2D eigenvalue weighted by atomic mass is 10.1. The zero-order valence-corrected chi connectivity index (χ0v) is 14.9. The average Bonchev–Trinajstić information content (AvgIpc) is 2.65. The molecule has 1 aliphatic rings. The second-order valence-electron chi connectivity index (χ2n) is 6.27. The van der Waals surface area contributed by atoms with E-state index in [0.717, 1.165) is 11.4 Å². The number of ether oxygens (including phenoxy) is 1. The van der Waals surface area contributed by atoms with Crippen molar-refractivity contribution in [1.82, 2.24) is 10.2 Å². The van der Waals surface area contributed by atoms with Crippen LogP contribution in [0.3, 0.4) is 0 Å².